The molecule has 0 fully saturated rings. The van der Waals surface area contributed by atoms with Crippen LogP contribution in [0.4, 0.5) is 0 Å². The van der Waals surface area contributed by atoms with Crippen molar-refractivity contribution < 1.29 is 24.6 Å². The molecule has 0 unspecified atom stereocenters. The highest BCUT2D eigenvalue weighted by Crippen LogP contribution is 2.18. The molecule has 1 amide bonds. The number of nitrogens with two attached hydrogens (primary N) is 3. The summed E-state index contributed by atoms with van der Waals surface area (Å²) in [5.41, 5.74) is 17.2. The number of aromatic nitrogens is 1. The number of aliphatic carboxylic acids is 2. The largest absolute Gasteiger partial charge is 0.480 e. The molecule has 25 heavy (non-hydrogen) atoms. The van der Waals surface area contributed by atoms with Crippen molar-refractivity contribution in [1.29, 1.82) is 0 Å². The number of rotatable bonds is 7. The molecular formula is C16H22N4O5. The first-order valence-corrected chi connectivity index (χ1v) is 7.52. The lowest BCUT2D eigenvalue weighted by atomic mass is 10.1. The number of nitrogens with one attached hydrogen (secondary N) is 1. The molecule has 0 radical (unpaired) electrons. The Hall–Kier alpha value is -2.91. The number of para-hydroxylation sites is 1. The minimum Gasteiger partial charge on any atom is -0.480 e. The molecule has 1 aromatic carbocycles. The van der Waals surface area contributed by atoms with Gasteiger partial charge in [0.2, 0.25) is 5.91 Å². The second-order valence-electron chi connectivity index (χ2n) is 5.46. The molecule has 0 saturated carbocycles. The lowest BCUT2D eigenvalue weighted by Crippen LogP contribution is -2.32. The van der Waals surface area contributed by atoms with Crippen LogP contribution in [0.1, 0.15) is 18.4 Å². The van der Waals surface area contributed by atoms with Crippen molar-refractivity contribution in [2.75, 3.05) is 0 Å². The number of fused-ring (bicyclic) bond motifs is 1. The van der Waals surface area contributed by atoms with E-state index in [4.69, 9.17) is 27.4 Å². The molecule has 0 aliphatic carbocycles. The van der Waals surface area contributed by atoms with Gasteiger partial charge in [0.15, 0.2) is 0 Å². The maximum absolute atomic E-state index is 10.6. The van der Waals surface area contributed by atoms with Gasteiger partial charge in [0.05, 0.1) is 0 Å². The zero-order valence-corrected chi connectivity index (χ0v) is 13.5. The Morgan fingerprint density at radius 1 is 1.04 bits per heavy atom. The number of H-pyrrole nitrogens is 1. The monoisotopic (exact) mass is 350 g/mol. The number of carboxylic acid groups (broad SMARTS) is 2. The second-order valence-corrected chi connectivity index (χ2v) is 5.46. The molecule has 9 heteroatoms. The molecule has 0 bridgehead atoms. The first kappa shape index (κ1) is 20.1. The highest BCUT2D eigenvalue weighted by molar-refractivity contribution is 5.84. The third-order valence-electron chi connectivity index (χ3n) is 3.45. The summed E-state index contributed by atoms with van der Waals surface area (Å²) in [5, 5.41) is 18.0. The fraction of sp³-hybridized carbons (Fsp3) is 0.312. The van der Waals surface area contributed by atoms with Crippen molar-refractivity contribution in [2.45, 2.75) is 31.3 Å². The number of carbonyl (C=O) groups is 3. The zero-order valence-electron chi connectivity index (χ0n) is 13.5. The summed E-state index contributed by atoms with van der Waals surface area (Å²) in [5.74, 6) is -2.61. The summed E-state index contributed by atoms with van der Waals surface area (Å²) in [7, 11) is 0. The van der Waals surface area contributed by atoms with E-state index in [1.807, 2.05) is 30.5 Å². The molecule has 1 heterocycles. The van der Waals surface area contributed by atoms with Crippen molar-refractivity contribution >= 4 is 28.7 Å². The van der Waals surface area contributed by atoms with E-state index in [2.05, 4.69) is 4.98 Å². The number of carbonyl (C=O) groups excluding carboxylic acids is 1. The van der Waals surface area contributed by atoms with Crippen LogP contribution in [-0.4, -0.2) is 45.1 Å². The van der Waals surface area contributed by atoms with Gasteiger partial charge in [-0.1, -0.05) is 18.2 Å². The Morgan fingerprint density at radius 3 is 2.20 bits per heavy atom. The molecule has 136 valence electrons. The number of benzene rings is 1. The van der Waals surface area contributed by atoms with Gasteiger partial charge >= 0.3 is 11.9 Å². The van der Waals surface area contributed by atoms with Gasteiger partial charge in [0, 0.05) is 29.9 Å². The Labute approximate surface area is 143 Å². The Bertz CT molecular complexity index is 743. The molecular weight excluding hydrogens is 328 g/mol. The maximum Gasteiger partial charge on any atom is 0.320 e. The zero-order chi connectivity index (χ0) is 19.0. The van der Waals surface area contributed by atoms with Crippen LogP contribution in [-0.2, 0) is 20.8 Å². The maximum atomic E-state index is 10.6. The Balaban J connectivity index is 0.000000275. The van der Waals surface area contributed by atoms with Crippen LogP contribution in [0.15, 0.2) is 30.5 Å². The summed E-state index contributed by atoms with van der Waals surface area (Å²) >= 11 is 0. The smallest absolute Gasteiger partial charge is 0.320 e. The van der Waals surface area contributed by atoms with Gasteiger partial charge in [0.25, 0.3) is 0 Å². The van der Waals surface area contributed by atoms with Crippen LogP contribution in [0.25, 0.3) is 10.9 Å². The van der Waals surface area contributed by atoms with E-state index in [1.165, 1.54) is 0 Å². The van der Waals surface area contributed by atoms with Crippen LogP contribution in [0.5, 0.6) is 0 Å². The average molecular weight is 350 g/mol. The van der Waals surface area contributed by atoms with E-state index < -0.39 is 29.9 Å². The highest BCUT2D eigenvalue weighted by atomic mass is 16.4. The SMILES string of the molecule is NC(=O)CC[C@H](N)C(=O)O.N[C@@H](Cc1c[nH]c2ccccc12)C(=O)O. The summed E-state index contributed by atoms with van der Waals surface area (Å²) in [6, 6.07) is 5.93. The molecule has 0 aliphatic rings. The van der Waals surface area contributed by atoms with Gasteiger partial charge < -0.3 is 32.4 Å². The predicted molar refractivity (Wildman–Crippen MR) is 91.7 cm³/mol. The van der Waals surface area contributed by atoms with Gasteiger partial charge in [-0.2, -0.15) is 0 Å². The number of hydrogen-bond donors (Lipinski definition) is 6. The minimum atomic E-state index is -1.11. The molecule has 2 rings (SSSR count). The molecule has 0 aliphatic heterocycles. The standard InChI is InChI=1S/C11H12N2O2.C5H10N2O3/c12-9(11(14)15)5-7-6-13-10-4-2-1-3-8(7)10;6-3(5(9)10)1-2-4(7)8/h1-4,6,9,13H,5,12H2,(H,14,15);3H,1-2,6H2,(H2,7,8)(H,9,10)/t9-;3-/m00/s1. The number of aromatic amines is 1. The fourth-order valence-corrected chi connectivity index (χ4v) is 2.05. The van der Waals surface area contributed by atoms with Gasteiger partial charge in [-0.15, -0.1) is 0 Å². The normalized spacial score (nSPS) is 12.7. The van der Waals surface area contributed by atoms with E-state index in [-0.39, 0.29) is 12.8 Å². The van der Waals surface area contributed by atoms with E-state index in [9.17, 15) is 14.4 Å². The summed E-state index contributed by atoms with van der Waals surface area (Å²) in [6.07, 6.45) is 2.28. The van der Waals surface area contributed by atoms with Crippen molar-refractivity contribution in [2.24, 2.45) is 17.2 Å². The second kappa shape index (κ2) is 9.40. The third-order valence-corrected chi connectivity index (χ3v) is 3.45. The third kappa shape index (κ3) is 6.61. The van der Waals surface area contributed by atoms with Crippen LogP contribution in [0.3, 0.4) is 0 Å². The fourth-order valence-electron chi connectivity index (χ4n) is 2.05. The Kier molecular flexibility index (Phi) is 7.57. The average Bonchev–Trinajstić information content (AvgIpc) is 2.96. The summed E-state index contributed by atoms with van der Waals surface area (Å²) in [6.45, 7) is 0. The summed E-state index contributed by atoms with van der Waals surface area (Å²) in [4.78, 5) is 33.8. The van der Waals surface area contributed by atoms with Gasteiger partial charge in [0.1, 0.15) is 12.1 Å². The number of primary amides is 1. The van der Waals surface area contributed by atoms with Gasteiger partial charge in [-0.3, -0.25) is 14.4 Å². The van der Waals surface area contributed by atoms with Crippen LogP contribution < -0.4 is 17.2 Å². The Morgan fingerprint density at radius 2 is 1.64 bits per heavy atom. The minimum absolute atomic E-state index is 0.0213. The lowest BCUT2D eigenvalue weighted by Gasteiger charge is -2.04. The predicted octanol–water partition coefficient (Wildman–Crippen LogP) is -0.214. The highest BCUT2D eigenvalue weighted by Gasteiger charge is 2.14. The van der Waals surface area contributed by atoms with Crippen LogP contribution in [0, 0.1) is 0 Å². The first-order chi connectivity index (χ1) is 11.7. The summed E-state index contributed by atoms with van der Waals surface area (Å²) < 4.78 is 0. The number of hydrogen-bond acceptors (Lipinski definition) is 5. The lowest BCUT2D eigenvalue weighted by molar-refractivity contribution is -0.139. The van der Waals surface area contributed by atoms with Gasteiger partial charge in [-0.25, -0.2) is 0 Å². The topological polar surface area (TPSA) is 186 Å². The molecule has 0 spiro atoms. The molecule has 2 aromatic rings. The molecule has 9 N–H and O–H groups in total. The molecule has 1 aromatic heterocycles. The number of carboxylic acids is 2. The quantitative estimate of drug-likeness (QED) is 0.398. The van der Waals surface area contributed by atoms with E-state index >= 15 is 0 Å². The molecule has 9 nitrogen and oxygen atoms in total. The van der Waals surface area contributed by atoms with Crippen molar-refractivity contribution in [3.63, 3.8) is 0 Å². The van der Waals surface area contributed by atoms with E-state index in [0.29, 0.717) is 6.42 Å². The van der Waals surface area contributed by atoms with Crippen molar-refractivity contribution in [3.8, 4) is 0 Å². The first-order valence-electron chi connectivity index (χ1n) is 7.52. The molecule has 2 atom stereocenters. The van der Waals surface area contributed by atoms with E-state index in [0.717, 1.165) is 16.5 Å². The van der Waals surface area contributed by atoms with Gasteiger partial charge in [-0.05, 0) is 18.1 Å². The van der Waals surface area contributed by atoms with Crippen LogP contribution in [0.2, 0.25) is 0 Å². The number of amides is 1. The van der Waals surface area contributed by atoms with E-state index in [1.54, 1.807) is 0 Å². The van der Waals surface area contributed by atoms with Crippen LogP contribution >= 0.6 is 0 Å². The molecule has 0 saturated heterocycles. The van der Waals surface area contributed by atoms with Crippen molar-refractivity contribution in [3.05, 3.63) is 36.0 Å². The van der Waals surface area contributed by atoms with Crippen molar-refractivity contribution in [1.82, 2.24) is 4.98 Å².